The highest BCUT2D eigenvalue weighted by Gasteiger charge is 2.12. The topological polar surface area (TPSA) is 61.7 Å². The SMILES string of the molecule is Cc1nn(-c2nccn2C)c(C)c1N. The summed E-state index contributed by atoms with van der Waals surface area (Å²) in [5.41, 5.74) is 8.33. The smallest absolute Gasteiger partial charge is 0.230 e. The summed E-state index contributed by atoms with van der Waals surface area (Å²) in [6.07, 6.45) is 3.62. The summed E-state index contributed by atoms with van der Waals surface area (Å²) < 4.78 is 3.66. The van der Waals surface area contributed by atoms with Crippen LogP contribution in [0.2, 0.25) is 0 Å². The fraction of sp³-hybridized carbons (Fsp3) is 0.333. The minimum absolute atomic E-state index is 0.730. The minimum atomic E-state index is 0.730. The van der Waals surface area contributed by atoms with Gasteiger partial charge in [0.25, 0.3) is 0 Å². The van der Waals surface area contributed by atoms with Crippen molar-refractivity contribution in [2.24, 2.45) is 7.05 Å². The fourth-order valence-electron chi connectivity index (χ4n) is 1.41. The normalized spacial score (nSPS) is 10.8. The molecule has 0 aliphatic heterocycles. The average Bonchev–Trinajstić information content (AvgIpc) is 2.66. The van der Waals surface area contributed by atoms with E-state index in [0.717, 1.165) is 23.0 Å². The number of imidazole rings is 1. The maximum Gasteiger partial charge on any atom is 0.230 e. The maximum atomic E-state index is 5.84. The molecule has 0 aliphatic carbocycles. The largest absolute Gasteiger partial charge is 0.396 e. The Morgan fingerprint density at radius 2 is 2.07 bits per heavy atom. The van der Waals surface area contributed by atoms with Crippen LogP contribution in [0.5, 0.6) is 0 Å². The van der Waals surface area contributed by atoms with Gasteiger partial charge < -0.3 is 10.3 Å². The quantitative estimate of drug-likeness (QED) is 0.725. The molecule has 0 amide bonds. The van der Waals surface area contributed by atoms with Crippen molar-refractivity contribution in [3.63, 3.8) is 0 Å². The highest BCUT2D eigenvalue weighted by atomic mass is 15.4. The Hall–Kier alpha value is -1.78. The Balaban J connectivity index is 2.63. The monoisotopic (exact) mass is 191 g/mol. The van der Waals surface area contributed by atoms with E-state index in [1.54, 1.807) is 10.9 Å². The van der Waals surface area contributed by atoms with Crippen LogP contribution in [0.15, 0.2) is 12.4 Å². The van der Waals surface area contributed by atoms with E-state index in [9.17, 15) is 0 Å². The van der Waals surface area contributed by atoms with Gasteiger partial charge in [-0.05, 0) is 13.8 Å². The molecule has 14 heavy (non-hydrogen) atoms. The number of rotatable bonds is 1. The molecule has 0 saturated heterocycles. The molecule has 2 heterocycles. The molecular formula is C9H13N5. The molecule has 2 aromatic heterocycles. The van der Waals surface area contributed by atoms with Gasteiger partial charge in [0.2, 0.25) is 5.95 Å². The molecule has 0 fully saturated rings. The molecule has 0 radical (unpaired) electrons. The van der Waals surface area contributed by atoms with E-state index < -0.39 is 0 Å². The van der Waals surface area contributed by atoms with E-state index in [0.29, 0.717) is 0 Å². The number of nitrogen functional groups attached to an aromatic ring is 1. The first-order chi connectivity index (χ1) is 6.61. The van der Waals surface area contributed by atoms with Gasteiger partial charge in [-0.1, -0.05) is 0 Å². The molecule has 74 valence electrons. The lowest BCUT2D eigenvalue weighted by Crippen LogP contribution is -2.06. The number of aromatic nitrogens is 4. The summed E-state index contributed by atoms with van der Waals surface area (Å²) in [5, 5.41) is 4.32. The molecule has 0 aromatic carbocycles. The molecule has 0 aliphatic rings. The van der Waals surface area contributed by atoms with E-state index in [2.05, 4.69) is 10.1 Å². The van der Waals surface area contributed by atoms with Crippen molar-refractivity contribution < 1.29 is 0 Å². The molecule has 0 bridgehead atoms. The van der Waals surface area contributed by atoms with Crippen LogP contribution in [-0.2, 0) is 7.05 Å². The summed E-state index contributed by atoms with van der Waals surface area (Å²) >= 11 is 0. The van der Waals surface area contributed by atoms with Gasteiger partial charge in [0.15, 0.2) is 0 Å². The van der Waals surface area contributed by atoms with Crippen LogP contribution in [0.4, 0.5) is 5.69 Å². The van der Waals surface area contributed by atoms with Crippen molar-refractivity contribution in [1.82, 2.24) is 19.3 Å². The third-order valence-electron chi connectivity index (χ3n) is 2.33. The van der Waals surface area contributed by atoms with E-state index in [-0.39, 0.29) is 0 Å². The number of nitrogens with zero attached hydrogens (tertiary/aromatic N) is 4. The molecule has 0 spiro atoms. The van der Waals surface area contributed by atoms with Gasteiger partial charge >= 0.3 is 0 Å². The summed E-state index contributed by atoms with van der Waals surface area (Å²) in [4.78, 5) is 4.21. The number of anilines is 1. The predicted molar refractivity (Wildman–Crippen MR) is 54.2 cm³/mol. The van der Waals surface area contributed by atoms with Crippen LogP contribution in [0.25, 0.3) is 5.95 Å². The van der Waals surface area contributed by atoms with Crippen molar-refractivity contribution in [3.8, 4) is 5.95 Å². The van der Waals surface area contributed by atoms with Crippen molar-refractivity contribution in [1.29, 1.82) is 0 Å². The highest BCUT2D eigenvalue weighted by molar-refractivity contribution is 5.48. The molecule has 0 unspecified atom stereocenters. The summed E-state index contributed by atoms with van der Waals surface area (Å²) in [6, 6.07) is 0. The van der Waals surface area contributed by atoms with Crippen LogP contribution < -0.4 is 5.73 Å². The lowest BCUT2D eigenvalue weighted by Gasteiger charge is -2.02. The molecular weight excluding hydrogens is 178 g/mol. The van der Waals surface area contributed by atoms with Crippen molar-refractivity contribution in [2.45, 2.75) is 13.8 Å². The van der Waals surface area contributed by atoms with Gasteiger partial charge in [0.1, 0.15) is 0 Å². The van der Waals surface area contributed by atoms with Crippen LogP contribution in [-0.4, -0.2) is 19.3 Å². The molecule has 2 aromatic rings. The minimum Gasteiger partial charge on any atom is -0.396 e. The Kier molecular flexibility index (Phi) is 1.80. The standard InChI is InChI=1S/C9H13N5/c1-6-8(10)7(2)14(12-6)9-11-4-5-13(9)3/h4-5H,10H2,1-3H3. The second kappa shape index (κ2) is 2.87. The fourth-order valence-corrected chi connectivity index (χ4v) is 1.41. The van der Waals surface area contributed by atoms with Crippen molar-refractivity contribution in [2.75, 3.05) is 5.73 Å². The molecule has 2 rings (SSSR count). The molecule has 5 heteroatoms. The Labute approximate surface area is 82.2 Å². The predicted octanol–water partition coefficient (Wildman–Crippen LogP) is 0.805. The van der Waals surface area contributed by atoms with E-state index in [4.69, 9.17) is 5.73 Å². The van der Waals surface area contributed by atoms with Crippen LogP contribution in [0.3, 0.4) is 0 Å². The summed E-state index contributed by atoms with van der Waals surface area (Å²) in [7, 11) is 1.93. The third-order valence-corrected chi connectivity index (χ3v) is 2.33. The number of nitrogens with two attached hydrogens (primary N) is 1. The number of hydrogen-bond donors (Lipinski definition) is 1. The first-order valence-electron chi connectivity index (χ1n) is 4.40. The first-order valence-corrected chi connectivity index (χ1v) is 4.40. The van der Waals surface area contributed by atoms with Gasteiger partial charge in [-0.25, -0.2) is 9.67 Å². The van der Waals surface area contributed by atoms with Gasteiger partial charge in [-0.2, -0.15) is 5.10 Å². The molecule has 2 N–H and O–H groups in total. The second-order valence-corrected chi connectivity index (χ2v) is 3.33. The van der Waals surface area contributed by atoms with Gasteiger partial charge in [0, 0.05) is 19.4 Å². The van der Waals surface area contributed by atoms with Crippen LogP contribution >= 0.6 is 0 Å². The summed E-state index contributed by atoms with van der Waals surface area (Å²) in [5.74, 6) is 0.780. The van der Waals surface area contributed by atoms with Crippen LogP contribution in [0.1, 0.15) is 11.4 Å². The lowest BCUT2D eigenvalue weighted by molar-refractivity contribution is 0.727. The van der Waals surface area contributed by atoms with Crippen LogP contribution in [0, 0.1) is 13.8 Å². The van der Waals surface area contributed by atoms with Crippen molar-refractivity contribution in [3.05, 3.63) is 23.8 Å². The molecule has 5 nitrogen and oxygen atoms in total. The second-order valence-electron chi connectivity index (χ2n) is 3.33. The van der Waals surface area contributed by atoms with Gasteiger partial charge in [-0.3, -0.25) is 0 Å². The Morgan fingerprint density at radius 1 is 1.36 bits per heavy atom. The number of hydrogen-bond acceptors (Lipinski definition) is 3. The number of aryl methyl sites for hydroxylation is 2. The van der Waals surface area contributed by atoms with Crippen molar-refractivity contribution >= 4 is 5.69 Å². The summed E-state index contributed by atoms with van der Waals surface area (Å²) in [6.45, 7) is 3.83. The Morgan fingerprint density at radius 3 is 2.50 bits per heavy atom. The van der Waals surface area contributed by atoms with Gasteiger partial charge in [0.05, 0.1) is 17.1 Å². The maximum absolute atomic E-state index is 5.84. The van der Waals surface area contributed by atoms with E-state index >= 15 is 0 Å². The van der Waals surface area contributed by atoms with E-state index in [1.165, 1.54) is 0 Å². The van der Waals surface area contributed by atoms with Gasteiger partial charge in [-0.15, -0.1) is 0 Å². The zero-order chi connectivity index (χ0) is 10.3. The first kappa shape index (κ1) is 8.80. The van der Waals surface area contributed by atoms with E-state index in [1.807, 2.05) is 31.7 Å². The molecule has 0 atom stereocenters. The zero-order valence-corrected chi connectivity index (χ0v) is 8.52. The lowest BCUT2D eigenvalue weighted by atomic mass is 10.3. The Bertz CT molecular complexity index is 466. The molecule has 0 saturated carbocycles. The highest BCUT2D eigenvalue weighted by Crippen LogP contribution is 2.17. The third kappa shape index (κ3) is 1.09. The zero-order valence-electron chi connectivity index (χ0n) is 8.52. The average molecular weight is 191 g/mol.